The van der Waals surface area contributed by atoms with Crippen LogP contribution in [0, 0.1) is 13.8 Å². The molecule has 0 spiro atoms. The summed E-state index contributed by atoms with van der Waals surface area (Å²) in [6.45, 7) is 6.41. The van der Waals surface area contributed by atoms with Crippen molar-refractivity contribution in [3.05, 3.63) is 75.3 Å². The normalized spacial score (nSPS) is 11.3. The molecule has 0 fully saturated rings. The molecular formula is C22H20O4. The first-order valence-electron chi connectivity index (χ1n) is 8.73. The summed E-state index contributed by atoms with van der Waals surface area (Å²) in [6, 6.07) is 13.3. The van der Waals surface area contributed by atoms with Crippen LogP contribution in [0.2, 0.25) is 0 Å². The molecule has 0 atom stereocenters. The van der Waals surface area contributed by atoms with Gasteiger partial charge in [0.1, 0.15) is 29.3 Å². The van der Waals surface area contributed by atoms with Gasteiger partial charge in [0.25, 0.3) is 0 Å². The van der Waals surface area contributed by atoms with Gasteiger partial charge in [0.2, 0.25) is 0 Å². The van der Waals surface area contributed by atoms with Crippen LogP contribution in [-0.2, 0) is 13.0 Å². The zero-order valence-electron chi connectivity index (χ0n) is 15.1. The van der Waals surface area contributed by atoms with Crippen molar-refractivity contribution in [3.63, 3.8) is 0 Å². The summed E-state index contributed by atoms with van der Waals surface area (Å²) in [5.41, 5.74) is 4.40. The molecule has 0 saturated heterocycles. The highest BCUT2D eigenvalue weighted by Crippen LogP contribution is 2.27. The van der Waals surface area contributed by atoms with Gasteiger partial charge in [0, 0.05) is 22.9 Å². The van der Waals surface area contributed by atoms with E-state index in [1.165, 1.54) is 11.6 Å². The van der Waals surface area contributed by atoms with Crippen LogP contribution in [0.1, 0.15) is 29.4 Å². The molecule has 0 aliphatic rings. The highest BCUT2D eigenvalue weighted by Gasteiger charge is 2.09. The van der Waals surface area contributed by atoms with E-state index in [2.05, 4.69) is 26.0 Å². The average Bonchev–Trinajstić information content (AvgIpc) is 3.03. The highest BCUT2D eigenvalue weighted by molar-refractivity contribution is 5.82. The first kappa shape index (κ1) is 16.5. The molecule has 26 heavy (non-hydrogen) atoms. The number of hydrogen-bond acceptors (Lipinski definition) is 4. The van der Waals surface area contributed by atoms with Crippen LogP contribution in [0.5, 0.6) is 5.75 Å². The van der Waals surface area contributed by atoms with E-state index in [1.54, 1.807) is 6.07 Å². The molecule has 2 aromatic carbocycles. The summed E-state index contributed by atoms with van der Waals surface area (Å²) in [4.78, 5) is 11.6. The molecule has 0 N–H and O–H groups in total. The predicted molar refractivity (Wildman–Crippen MR) is 102 cm³/mol. The van der Waals surface area contributed by atoms with Gasteiger partial charge in [-0.1, -0.05) is 13.0 Å². The number of rotatable bonds is 4. The fraction of sp³-hybridized carbons (Fsp3) is 0.227. The van der Waals surface area contributed by atoms with E-state index in [-0.39, 0.29) is 5.63 Å². The zero-order chi connectivity index (χ0) is 18.3. The lowest BCUT2D eigenvalue weighted by Gasteiger charge is -2.06. The third-order valence-electron chi connectivity index (χ3n) is 4.62. The van der Waals surface area contributed by atoms with Crippen LogP contribution in [0.15, 0.2) is 56.1 Å². The van der Waals surface area contributed by atoms with Gasteiger partial charge in [-0.3, -0.25) is 0 Å². The molecule has 4 heteroatoms. The number of aryl methyl sites for hydroxylation is 3. The van der Waals surface area contributed by atoms with E-state index in [0.29, 0.717) is 17.9 Å². The molecule has 0 aliphatic carbocycles. The van der Waals surface area contributed by atoms with Crippen molar-refractivity contribution in [1.29, 1.82) is 0 Å². The second-order valence-electron chi connectivity index (χ2n) is 6.59. The first-order valence-corrected chi connectivity index (χ1v) is 8.73. The molecule has 0 bridgehead atoms. The van der Waals surface area contributed by atoms with Crippen molar-refractivity contribution in [2.24, 2.45) is 0 Å². The third-order valence-corrected chi connectivity index (χ3v) is 4.62. The van der Waals surface area contributed by atoms with Crippen molar-refractivity contribution in [1.82, 2.24) is 0 Å². The molecule has 0 unspecified atom stereocenters. The summed E-state index contributed by atoms with van der Waals surface area (Å²) < 4.78 is 17.1. The maximum Gasteiger partial charge on any atom is 0.336 e. The fourth-order valence-electron chi connectivity index (χ4n) is 3.28. The van der Waals surface area contributed by atoms with Crippen molar-refractivity contribution < 1.29 is 13.6 Å². The number of furan rings is 1. The van der Waals surface area contributed by atoms with Crippen molar-refractivity contribution >= 4 is 21.9 Å². The van der Waals surface area contributed by atoms with Crippen LogP contribution in [0.25, 0.3) is 21.9 Å². The molecule has 4 nitrogen and oxygen atoms in total. The molecule has 0 aliphatic heterocycles. The maximum absolute atomic E-state index is 11.6. The minimum Gasteiger partial charge on any atom is -0.486 e. The standard InChI is InChI=1S/C22H20O4/c1-4-15-7-14(3)22-16(9-15)10-18(25-22)12-24-17-5-6-19-13(2)8-21(23)26-20(19)11-17/h5-11H,4,12H2,1-3H3. The summed E-state index contributed by atoms with van der Waals surface area (Å²) in [5.74, 6) is 1.40. The lowest BCUT2D eigenvalue weighted by molar-refractivity contribution is 0.274. The molecule has 4 aromatic rings. The maximum atomic E-state index is 11.6. The van der Waals surface area contributed by atoms with Gasteiger partial charge < -0.3 is 13.6 Å². The lowest BCUT2D eigenvalue weighted by Crippen LogP contribution is -1.98. The molecule has 4 rings (SSSR count). The van der Waals surface area contributed by atoms with Gasteiger partial charge >= 0.3 is 5.63 Å². The van der Waals surface area contributed by atoms with Gasteiger partial charge in [-0.05, 0) is 61.2 Å². The summed E-state index contributed by atoms with van der Waals surface area (Å²) in [7, 11) is 0. The molecule has 0 radical (unpaired) electrons. The van der Waals surface area contributed by atoms with E-state index in [4.69, 9.17) is 13.6 Å². The molecule has 2 aromatic heterocycles. The number of fused-ring (bicyclic) bond motifs is 2. The Kier molecular flexibility index (Phi) is 4.03. The topological polar surface area (TPSA) is 52.6 Å². The molecule has 0 amide bonds. The summed E-state index contributed by atoms with van der Waals surface area (Å²) in [6.07, 6.45) is 0.996. The molecule has 2 heterocycles. The van der Waals surface area contributed by atoms with Crippen LogP contribution < -0.4 is 10.4 Å². The van der Waals surface area contributed by atoms with Gasteiger partial charge in [-0.15, -0.1) is 0 Å². The van der Waals surface area contributed by atoms with Gasteiger partial charge in [0.05, 0.1) is 0 Å². The largest absolute Gasteiger partial charge is 0.486 e. The van der Waals surface area contributed by atoms with E-state index in [9.17, 15) is 4.79 Å². The molecule has 132 valence electrons. The van der Waals surface area contributed by atoms with Gasteiger partial charge in [0.15, 0.2) is 0 Å². The Hall–Kier alpha value is -3.01. The summed E-state index contributed by atoms with van der Waals surface area (Å²) in [5, 5.41) is 2.00. The quantitative estimate of drug-likeness (QED) is 0.470. The van der Waals surface area contributed by atoms with E-state index in [1.807, 2.05) is 25.1 Å². The van der Waals surface area contributed by atoms with Crippen LogP contribution in [-0.4, -0.2) is 0 Å². The lowest BCUT2D eigenvalue weighted by atomic mass is 10.1. The van der Waals surface area contributed by atoms with E-state index >= 15 is 0 Å². The monoisotopic (exact) mass is 348 g/mol. The third kappa shape index (κ3) is 2.99. The van der Waals surface area contributed by atoms with Gasteiger partial charge in [-0.25, -0.2) is 4.79 Å². The van der Waals surface area contributed by atoms with Crippen LogP contribution in [0.4, 0.5) is 0 Å². The minimum atomic E-state index is -0.355. The predicted octanol–water partition coefficient (Wildman–Crippen LogP) is 5.30. The number of ether oxygens (including phenoxy) is 1. The molecule has 0 saturated carbocycles. The van der Waals surface area contributed by atoms with Gasteiger partial charge in [-0.2, -0.15) is 0 Å². The number of benzene rings is 2. The summed E-state index contributed by atoms with van der Waals surface area (Å²) >= 11 is 0. The van der Waals surface area contributed by atoms with Crippen molar-refractivity contribution in [2.75, 3.05) is 0 Å². The second-order valence-corrected chi connectivity index (χ2v) is 6.59. The first-order chi connectivity index (χ1) is 12.5. The Morgan fingerprint density at radius 3 is 2.62 bits per heavy atom. The molecular weight excluding hydrogens is 328 g/mol. The smallest absolute Gasteiger partial charge is 0.336 e. The Labute approximate surface area is 151 Å². The fourth-order valence-corrected chi connectivity index (χ4v) is 3.28. The van der Waals surface area contributed by atoms with Crippen molar-refractivity contribution in [2.45, 2.75) is 33.8 Å². The minimum absolute atomic E-state index is 0.317. The Morgan fingerprint density at radius 1 is 0.962 bits per heavy atom. The second kappa shape index (κ2) is 6.37. The van der Waals surface area contributed by atoms with E-state index in [0.717, 1.165) is 39.7 Å². The Morgan fingerprint density at radius 2 is 1.81 bits per heavy atom. The van der Waals surface area contributed by atoms with Crippen molar-refractivity contribution in [3.8, 4) is 5.75 Å². The van der Waals surface area contributed by atoms with Crippen LogP contribution >= 0.6 is 0 Å². The number of hydrogen-bond donors (Lipinski definition) is 0. The highest BCUT2D eigenvalue weighted by atomic mass is 16.5. The van der Waals surface area contributed by atoms with E-state index < -0.39 is 0 Å². The average molecular weight is 348 g/mol. The Bertz CT molecular complexity index is 1160. The SMILES string of the molecule is CCc1cc(C)c2oc(COc3ccc4c(C)cc(=O)oc4c3)cc2c1. The zero-order valence-corrected chi connectivity index (χ0v) is 15.1. The van der Waals surface area contributed by atoms with Crippen LogP contribution in [0.3, 0.4) is 0 Å². The Balaban J connectivity index is 1.61.